The third-order valence-corrected chi connectivity index (χ3v) is 4.82. The van der Waals surface area contributed by atoms with Gasteiger partial charge in [-0.2, -0.15) is 0 Å². The SMILES string of the molecule is COC(=O)[C@H](NC(=O)[C@H](Cc1ccccc1F)NC(C)=O)[C@@H]1CCCC(=O)C1. The van der Waals surface area contributed by atoms with Crippen molar-refractivity contribution in [1.82, 2.24) is 10.6 Å². The second-order valence-electron chi connectivity index (χ2n) is 6.95. The van der Waals surface area contributed by atoms with Crippen LogP contribution in [0.15, 0.2) is 24.3 Å². The third-order valence-electron chi connectivity index (χ3n) is 4.82. The molecule has 1 aliphatic rings. The molecule has 8 heteroatoms. The Morgan fingerprint density at radius 3 is 2.57 bits per heavy atom. The summed E-state index contributed by atoms with van der Waals surface area (Å²) in [6, 6.07) is 3.88. The Hall–Kier alpha value is -2.77. The van der Waals surface area contributed by atoms with E-state index < -0.39 is 35.7 Å². The minimum absolute atomic E-state index is 0.0316. The zero-order valence-corrected chi connectivity index (χ0v) is 16.0. The summed E-state index contributed by atoms with van der Waals surface area (Å²) in [5.41, 5.74) is 0.263. The molecule has 2 N–H and O–H groups in total. The second kappa shape index (κ2) is 9.96. The first-order valence-electron chi connectivity index (χ1n) is 9.22. The van der Waals surface area contributed by atoms with Crippen LogP contribution < -0.4 is 10.6 Å². The maximum Gasteiger partial charge on any atom is 0.328 e. The van der Waals surface area contributed by atoms with Crippen LogP contribution in [0.1, 0.15) is 38.2 Å². The minimum Gasteiger partial charge on any atom is -0.467 e. The van der Waals surface area contributed by atoms with Gasteiger partial charge in [-0.25, -0.2) is 9.18 Å². The zero-order valence-electron chi connectivity index (χ0n) is 16.0. The summed E-state index contributed by atoms with van der Waals surface area (Å²) in [4.78, 5) is 48.3. The number of methoxy groups -OCH3 is 1. The van der Waals surface area contributed by atoms with Crippen molar-refractivity contribution in [2.45, 2.75) is 51.1 Å². The molecule has 1 fully saturated rings. The van der Waals surface area contributed by atoms with Crippen LogP contribution in [0, 0.1) is 11.7 Å². The van der Waals surface area contributed by atoms with Gasteiger partial charge in [0.15, 0.2) is 0 Å². The molecular formula is C20H25FN2O5. The zero-order chi connectivity index (χ0) is 20.7. The predicted octanol–water partition coefficient (Wildman–Crippen LogP) is 1.29. The summed E-state index contributed by atoms with van der Waals surface area (Å²) in [5.74, 6) is -2.58. The average Bonchev–Trinajstić information content (AvgIpc) is 2.66. The Morgan fingerprint density at radius 1 is 1.25 bits per heavy atom. The fourth-order valence-corrected chi connectivity index (χ4v) is 3.43. The number of carbonyl (C=O) groups is 4. The van der Waals surface area contributed by atoms with Gasteiger partial charge in [0, 0.05) is 26.2 Å². The van der Waals surface area contributed by atoms with Crippen LogP contribution in [-0.4, -0.2) is 42.8 Å². The highest BCUT2D eigenvalue weighted by atomic mass is 19.1. The van der Waals surface area contributed by atoms with Crippen molar-refractivity contribution < 1.29 is 28.3 Å². The maximum absolute atomic E-state index is 14.0. The Labute approximate surface area is 163 Å². The molecule has 3 atom stereocenters. The third kappa shape index (κ3) is 5.87. The first-order valence-corrected chi connectivity index (χ1v) is 9.22. The number of benzene rings is 1. The van der Waals surface area contributed by atoms with Gasteiger partial charge in [0.25, 0.3) is 0 Å². The van der Waals surface area contributed by atoms with Crippen LogP contribution in [0.3, 0.4) is 0 Å². The number of rotatable bonds is 7. The van der Waals surface area contributed by atoms with E-state index in [2.05, 4.69) is 10.6 Å². The first kappa shape index (κ1) is 21.5. The molecular weight excluding hydrogens is 367 g/mol. The second-order valence-corrected chi connectivity index (χ2v) is 6.95. The van der Waals surface area contributed by atoms with Gasteiger partial charge in [0.2, 0.25) is 11.8 Å². The van der Waals surface area contributed by atoms with Crippen molar-refractivity contribution in [2.75, 3.05) is 7.11 Å². The lowest BCUT2D eigenvalue weighted by atomic mass is 9.83. The quantitative estimate of drug-likeness (QED) is 0.681. The van der Waals surface area contributed by atoms with Crippen LogP contribution in [0.4, 0.5) is 4.39 Å². The van der Waals surface area contributed by atoms with E-state index in [4.69, 9.17) is 4.74 Å². The van der Waals surface area contributed by atoms with Gasteiger partial charge in [-0.3, -0.25) is 14.4 Å². The van der Waals surface area contributed by atoms with Crippen molar-refractivity contribution >= 4 is 23.6 Å². The van der Waals surface area contributed by atoms with Crippen LogP contribution >= 0.6 is 0 Å². The Balaban J connectivity index is 2.18. The molecule has 0 spiro atoms. The minimum atomic E-state index is -1.07. The van der Waals surface area contributed by atoms with Crippen LogP contribution in [0.25, 0.3) is 0 Å². The molecule has 2 amide bonds. The lowest BCUT2D eigenvalue weighted by Gasteiger charge is -2.29. The Morgan fingerprint density at radius 2 is 1.96 bits per heavy atom. The van der Waals surface area contributed by atoms with Crippen molar-refractivity contribution in [3.05, 3.63) is 35.6 Å². The predicted molar refractivity (Wildman–Crippen MR) is 98.6 cm³/mol. The molecule has 0 bridgehead atoms. The number of Topliss-reactive ketones (excluding diaryl/α,β-unsaturated/α-hetero) is 1. The number of ether oxygens (including phenoxy) is 1. The fraction of sp³-hybridized carbons (Fsp3) is 0.500. The van der Waals surface area contributed by atoms with Crippen molar-refractivity contribution in [3.8, 4) is 0 Å². The molecule has 2 rings (SSSR count). The van der Waals surface area contributed by atoms with E-state index >= 15 is 0 Å². The fourth-order valence-electron chi connectivity index (χ4n) is 3.43. The standard InChI is InChI=1S/C20H25FN2O5/c1-12(24)22-17(11-13-6-3-4-9-16(13)21)19(26)23-18(20(27)28-2)14-7-5-8-15(25)10-14/h3-4,6,9,14,17-18H,5,7-8,10-11H2,1-2H3,(H,22,24)(H,23,26)/t14-,17+,18-/m1/s1. The van der Waals surface area contributed by atoms with Gasteiger partial charge >= 0.3 is 5.97 Å². The smallest absolute Gasteiger partial charge is 0.328 e. The van der Waals surface area contributed by atoms with Gasteiger partial charge in [-0.1, -0.05) is 18.2 Å². The van der Waals surface area contributed by atoms with Crippen LogP contribution in [0.5, 0.6) is 0 Å². The van der Waals surface area contributed by atoms with E-state index in [1.165, 1.54) is 32.2 Å². The van der Waals surface area contributed by atoms with E-state index in [9.17, 15) is 23.6 Å². The van der Waals surface area contributed by atoms with E-state index in [0.717, 1.165) is 0 Å². The van der Waals surface area contributed by atoms with Gasteiger partial charge in [0.1, 0.15) is 23.7 Å². The molecule has 1 saturated carbocycles. The highest BCUT2D eigenvalue weighted by molar-refractivity contribution is 5.91. The largest absolute Gasteiger partial charge is 0.467 e. The van der Waals surface area contributed by atoms with Crippen molar-refractivity contribution in [3.63, 3.8) is 0 Å². The van der Waals surface area contributed by atoms with Gasteiger partial charge < -0.3 is 15.4 Å². The maximum atomic E-state index is 14.0. The molecule has 0 aromatic heterocycles. The average molecular weight is 392 g/mol. The van der Waals surface area contributed by atoms with Crippen LogP contribution in [0.2, 0.25) is 0 Å². The molecule has 0 radical (unpaired) electrons. The Bertz CT molecular complexity index is 752. The summed E-state index contributed by atoms with van der Waals surface area (Å²) >= 11 is 0. The van der Waals surface area contributed by atoms with Crippen molar-refractivity contribution in [1.29, 1.82) is 0 Å². The van der Waals surface area contributed by atoms with E-state index in [0.29, 0.717) is 19.3 Å². The molecule has 1 aromatic carbocycles. The molecule has 0 saturated heterocycles. The summed E-state index contributed by atoms with van der Waals surface area (Å²) in [6.07, 6.45) is 1.80. The summed E-state index contributed by atoms with van der Waals surface area (Å²) in [5, 5.41) is 5.09. The molecule has 1 aromatic rings. The van der Waals surface area contributed by atoms with E-state index in [-0.39, 0.29) is 30.1 Å². The molecule has 0 heterocycles. The van der Waals surface area contributed by atoms with Gasteiger partial charge in [-0.15, -0.1) is 0 Å². The number of carbonyl (C=O) groups excluding carboxylic acids is 4. The number of nitrogens with one attached hydrogen (secondary N) is 2. The molecule has 28 heavy (non-hydrogen) atoms. The molecule has 0 aliphatic heterocycles. The molecule has 1 aliphatic carbocycles. The van der Waals surface area contributed by atoms with Crippen molar-refractivity contribution in [2.24, 2.45) is 5.92 Å². The summed E-state index contributed by atoms with van der Waals surface area (Å²) in [6.45, 7) is 1.25. The highest BCUT2D eigenvalue weighted by Gasteiger charge is 2.35. The van der Waals surface area contributed by atoms with Crippen LogP contribution in [-0.2, 0) is 30.3 Å². The molecule has 152 valence electrons. The summed E-state index contributed by atoms with van der Waals surface area (Å²) in [7, 11) is 1.21. The topological polar surface area (TPSA) is 102 Å². The number of halogens is 1. The van der Waals surface area contributed by atoms with E-state index in [1.54, 1.807) is 6.07 Å². The molecule has 7 nitrogen and oxygen atoms in total. The van der Waals surface area contributed by atoms with Gasteiger partial charge in [-0.05, 0) is 30.4 Å². The number of ketones is 1. The number of hydrogen-bond acceptors (Lipinski definition) is 5. The normalized spacial score (nSPS) is 18.7. The molecule has 0 unspecified atom stereocenters. The number of hydrogen-bond donors (Lipinski definition) is 2. The number of esters is 1. The van der Waals surface area contributed by atoms with E-state index in [1.807, 2.05) is 0 Å². The summed E-state index contributed by atoms with van der Waals surface area (Å²) < 4.78 is 18.8. The van der Waals surface area contributed by atoms with Gasteiger partial charge in [0.05, 0.1) is 7.11 Å². The first-order chi connectivity index (χ1) is 13.3. The lowest BCUT2D eigenvalue weighted by molar-refractivity contribution is -0.147. The Kier molecular flexibility index (Phi) is 7.66. The lowest BCUT2D eigenvalue weighted by Crippen LogP contribution is -2.55. The monoisotopic (exact) mass is 392 g/mol. The highest BCUT2D eigenvalue weighted by Crippen LogP contribution is 2.25. The number of amides is 2.